The van der Waals surface area contributed by atoms with Gasteiger partial charge >= 0.3 is 0 Å². The van der Waals surface area contributed by atoms with Crippen molar-refractivity contribution >= 4 is 39.4 Å². The molecule has 0 bridgehead atoms. The van der Waals surface area contributed by atoms with Gasteiger partial charge in [-0.1, -0.05) is 11.6 Å². The number of thiazole rings is 1. The first kappa shape index (κ1) is 20.5. The van der Waals surface area contributed by atoms with Crippen molar-refractivity contribution in [1.29, 1.82) is 0 Å². The fraction of sp³-hybridized carbons (Fsp3) is 0.294. The second-order valence-corrected chi connectivity index (χ2v) is 6.83. The Morgan fingerprint density at radius 2 is 2.19 bits per heavy atom. The lowest BCUT2D eigenvalue weighted by atomic mass is 10.2. The van der Waals surface area contributed by atoms with Crippen LogP contribution in [0.3, 0.4) is 0 Å². The molecule has 2 aromatic heterocycles. The largest absolute Gasteiger partial charge is 1.00 e. The Kier molecular flexibility index (Phi) is 7.74. The summed E-state index contributed by atoms with van der Waals surface area (Å²) in [4.78, 5) is 6.36. The molecule has 26 heavy (non-hydrogen) atoms. The zero-order chi connectivity index (χ0) is 17.6. The number of benzene rings is 1. The predicted molar refractivity (Wildman–Crippen MR) is 101 cm³/mol. The van der Waals surface area contributed by atoms with Crippen LogP contribution in [0.1, 0.15) is 6.92 Å². The summed E-state index contributed by atoms with van der Waals surface area (Å²) >= 11 is 7.82. The lowest BCUT2D eigenvalue weighted by Gasteiger charge is -2.22. The van der Waals surface area contributed by atoms with Gasteiger partial charge < -0.3 is 21.9 Å². The molecule has 0 unspecified atom stereocenters. The minimum absolute atomic E-state index is 0. The third-order valence-electron chi connectivity index (χ3n) is 3.79. The van der Waals surface area contributed by atoms with E-state index in [1.54, 1.807) is 6.20 Å². The average Bonchev–Trinajstić information content (AvgIpc) is 3.26. The molecule has 0 aliphatic carbocycles. The van der Waals surface area contributed by atoms with Crippen LogP contribution in [0.2, 0.25) is 5.02 Å². The van der Waals surface area contributed by atoms with E-state index in [2.05, 4.69) is 44.1 Å². The Hall–Kier alpha value is -1.77. The molecule has 0 saturated heterocycles. The van der Waals surface area contributed by atoms with E-state index in [-0.39, 0.29) is 17.0 Å². The van der Waals surface area contributed by atoms with Gasteiger partial charge in [0.2, 0.25) is 11.5 Å². The molecule has 0 fully saturated rings. The fourth-order valence-electron chi connectivity index (χ4n) is 2.48. The molecule has 1 aromatic carbocycles. The third-order valence-corrected chi connectivity index (χ3v) is 4.75. The highest BCUT2D eigenvalue weighted by molar-refractivity contribution is 7.13. The summed E-state index contributed by atoms with van der Waals surface area (Å²) in [6.45, 7) is 4.86. The van der Waals surface area contributed by atoms with Crippen LogP contribution in [0.4, 0.5) is 16.5 Å². The highest BCUT2D eigenvalue weighted by atomic mass is 79.9. The first-order valence-electron chi connectivity index (χ1n) is 8.02. The number of azo groups is 1. The molecule has 138 valence electrons. The number of nitrogens with zero attached hydrogens (tertiary/aromatic N) is 6. The van der Waals surface area contributed by atoms with Crippen molar-refractivity contribution in [3.8, 4) is 0 Å². The van der Waals surface area contributed by atoms with E-state index < -0.39 is 0 Å². The molecular formula is C17H20BrClN6S. The summed E-state index contributed by atoms with van der Waals surface area (Å²) in [5.41, 5.74) is 1.73. The van der Waals surface area contributed by atoms with Crippen LogP contribution in [0.25, 0.3) is 0 Å². The second kappa shape index (κ2) is 9.80. The van der Waals surface area contributed by atoms with Gasteiger partial charge in [0.1, 0.15) is 24.6 Å². The van der Waals surface area contributed by atoms with Crippen molar-refractivity contribution in [3.63, 3.8) is 0 Å². The zero-order valence-electron chi connectivity index (χ0n) is 14.6. The molecule has 2 heterocycles. The molecule has 0 amide bonds. The van der Waals surface area contributed by atoms with Crippen LogP contribution in [-0.4, -0.2) is 22.6 Å². The fourth-order valence-corrected chi connectivity index (χ4v) is 3.14. The standard InChI is InChI=1S/C17H20ClN6S.BrH/c1-3-24(10-9-23-8-7-22(2)13-23)14-4-5-16(15(18)12-14)20-21-17-19-6-11-25-17;/h4-8,11-13H,3,9-10H2,1-2H3;1H/q+1;/p-1. The smallest absolute Gasteiger partial charge is 0.243 e. The summed E-state index contributed by atoms with van der Waals surface area (Å²) in [5.74, 6) is 0. The molecule has 3 rings (SSSR count). The van der Waals surface area contributed by atoms with Gasteiger partial charge in [-0.3, -0.25) is 0 Å². The molecule has 3 aromatic rings. The van der Waals surface area contributed by atoms with E-state index in [0.29, 0.717) is 15.8 Å². The first-order chi connectivity index (χ1) is 12.2. The van der Waals surface area contributed by atoms with Crippen molar-refractivity contribution in [3.05, 3.63) is 53.5 Å². The molecule has 6 nitrogen and oxygen atoms in total. The third kappa shape index (κ3) is 5.36. The molecule has 0 saturated carbocycles. The van der Waals surface area contributed by atoms with Gasteiger partial charge in [-0.15, -0.1) is 21.6 Å². The van der Waals surface area contributed by atoms with E-state index in [1.165, 1.54) is 11.3 Å². The number of aryl methyl sites for hydroxylation is 1. The van der Waals surface area contributed by atoms with Crippen molar-refractivity contribution in [2.75, 3.05) is 18.0 Å². The van der Waals surface area contributed by atoms with Crippen molar-refractivity contribution in [2.45, 2.75) is 13.5 Å². The molecule has 0 aliphatic rings. The van der Waals surface area contributed by atoms with Crippen LogP contribution >= 0.6 is 22.9 Å². The van der Waals surface area contributed by atoms with Gasteiger partial charge in [0.15, 0.2) is 0 Å². The minimum Gasteiger partial charge on any atom is -1.00 e. The minimum atomic E-state index is 0. The Balaban J connectivity index is 0.00000243. The first-order valence-corrected chi connectivity index (χ1v) is 9.28. The maximum atomic E-state index is 6.39. The molecule has 9 heteroatoms. The molecule has 0 N–H and O–H groups in total. The Morgan fingerprint density at radius 1 is 1.35 bits per heavy atom. The Labute approximate surface area is 172 Å². The van der Waals surface area contributed by atoms with Gasteiger partial charge in [0, 0.05) is 23.8 Å². The lowest BCUT2D eigenvalue weighted by molar-refractivity contribution is -0.671. The summed E-state index contributed by atoms with van der Waals surface area (Å²) in [7, 11) is 2.02. The van der Waals surface area contributed by atoms with Crippen LogP contribution < -0.4 is 26.4 Å². The zero-order valence-corrected chi connectivity index (χ0v) is 17.7. The highest BCUT2D eigenvalue weighted by Crippen LogP contribution is 2.31. The summed E-state index contributed by atoms with van der Waals surface area (Å²) in [6.07, 6.45) is 7.88. The number of aromatic nitrogens is 3. The van der Waals surface area contributed by atoms with Crippen LogP contribution in [0.5, 0.6) is 0 Å². The summed E-state index contributed by atoms with van der Waals surface area (Å²) in [5, 5.41) is 11.4. The van der Waals surface area contributed by atoms with Crippen LogP contribution in [0.15, 0.2) is 58.7 Å². The predicted octanol–water partition coefficient (Wildman–Crippen LogP) is 1.37. The Bertz CT molecular complexity index is 849. The molecule has 0 aliphatic heterocycles. The van der Waals surface area contributed by atoms with Crippen molar-refractivity contribution in [1.82, 2.24) is 9.55 Å². The van der Waals surface area contributed by atoms with Crippen LogP contribution in [-0.2, 0) is 13.6 Å². The number of anilines is 1. The van der Waals surface area contributed by atoms with E-state index in [1.807, 2.05) is 41.4 Å². The maximum absolute atomic E-state index is 6.39. The Morgan fingerprint density at radius 3 is 2.81 bits per heavy atom. The molecule has 0 radical (unpaired) electrons. The van der Waals surface area contributed by atoms with E-state index in [4.69, 9.17) is 11.6 Å². The average molecular weight is 456 g/mol. The summed E-state index contributed by atoms with van der Waals surface area (Å²) < 4.78 is 4.20. The van der Waals surface area contributed by atoms with E-state index >= 15 is 0 Å². The van der Waals surface area contributed by atoms with Gasteiger partial charge in [-0.25, -0.2) is 14.1 Å². The number of hydrogen-bond donors (Lipinski definition) is 0. The van der Waals surface area contributed by atoms with Gasteiger partial charge in [0.05, 0.1) is 18.6 Å². The topological polar surface area (TPSA) is 49.7 Å². The summed E-state index contributed by atoms with van der Waals surface area (Å²) in [6, 6.07) is 5.87. The van der Waals surface area contributed by atoms with E-state index in [0.717, 1.165) is 25.3 Å². The quantitative estimate of drug-likeness (QED) is 0.399. The van der Waals surface area contributed by atoms with Crippen molar-refractivity contribution in [2.24, 2.45) is 17.3 Å². The van der Waals surface area contributed by atoms with Gasteiger partial charge in [-0.2, -0.15) is 0 Å². The second-order valence-electron chi connectivity index (χ2n) is 5.55. The van der Waals surface area contributed by atoms with Crippen molar-refractivity contribution < 1.29 is 21.5 Å². The number of halogens is 2. The lowest BCUT2D eigenvalue weighted by Crippen LogP contribution is -3.00. The van der Waals surface area contributed by atoms with E-state index in [9.17, 15) is 0 Å². The molecule has 0 atom stereocenters. The number of likely N-dealkylation sites (N-methyl/N-ethyl adjacent to an activating group) is 1. The number of imidazole rings is 1. The highest BCUT2D eigenvalue weighted by Gasteiger charge is 2.10. The number of hydrogen-bond acceptors (Lipinski definition) is 5. The van der Waals surface area contributed by atoms with Crippen LogP contribution in [0, 0.1) is 0 Å². The normalized spacial score (nSPS) is 10.9. The number of rotatable bonds is 7. The monoisotopic (exact) mass is 454 g/mol. The van der Waals surface area contributed by atoms with Gasteiger partial charge in [-0.05, 0) is 25.1 Å². The maximum Gasteiger partial charge on any atom is 0.243 e. The molecular weight excluding hydrogens is 436 g/mol. The van der Waals surface area contributed by atoms with Gasteiger partial charge in [0.25, 0.3) is 0 Å². The SMILES string of the molecule is CCN(CCn1cc[n+](C)c1)c1ccc(N=Nc2nccs2)c(Cl)c1.[Br-]. The molecule has 0 spiro atoms.